The van der Waals surface area contributed by atoms with E-state index in [1.54, 1.807) is 11.0 Å². The molecule has 0 spiro atoms. The van der Waals surface area contributed by atoms with E-state index in [2.05, 4.69) is 20.4 Å². The topological polar surface area (TPSA) is 66.8 Å². The summed E-state index contributed by atoms with van der Waals surface area (Å²) in [6.45, 7) is 9.26. The van der Waals surface area contributed by atoms with Crippen LogP contribution < -0.4 is 0 Å². The Kier molecular flexibility index (Phi) is 5.27. The molecule has 4 unspecified atom stereocenters. The van der Waals surface area contributed by atoms with Gasteiger partial charge in [-0.1, -0.05) is 26.5 Å². The number of allylic oxidation sites excluding steroid dienone is 1. The molecule has 1 saturated heterocycles. The van der Waals surface area contributed by atoms with Crippen molar-refractivity contribution in [3.8, 4) is 0 Å². The molecule has 1 aliphatic carbocycles. The molecule has 1 N–H and O–H groups in total. The van der Waals surface area contributed by atoms with Gasteiger partial charge in [-0.15, -0.1) is 0 Å². The van der Waals surface area contributed by atoms with Gasteiger partial charge in [0, 0.05) is 19.2 Å². The van der Waals surface area contributed by atoms with Gasteiger partial charge in [0.05, 0.1) is 6.26 Å². The number of rotatable bonds is 4. The number of ether oxygens (including phenoxy) is 1. The molecule has 2 bridgehead atoms. The second kappa shape index (κ2) is 6.99. The first-order valence-corrected chi connectivity index (χ1v) is 7.90. The number of piperidine rings is 1. The van der Waals surface area contributed by atoms with E-state index in [0.29, 0.717) is 42.7 Å². The predicted molar refractivity (Wildman–Crippen MR) is 83.1 cm³/mol. The number of amides is 1. The zero-order valence-electron chi connectivity index (χ0n) is 13.3. The number of fused-ring (bicyclic) bond motifs is 2. The first-order valence-electron chi connectivity index (χ1n) is 7.90. The quantitative estimate of drug-likeness (QED) is 0.640. The highest BCUT2D eigenvalue weighted by Crippen LogP contribution is 2.47. The van der Waals surface area contributed by atoms with Crippen molar-refractivity contribution in [3.05, 3.63) is 25.0 Å². The molecule has 0 aromatic rings. The number of nitrogens with zero attached hydrogens (tertiary/aromatic N) is 1. The summed E-state index contributed by atoms with van der Waals surface area (Å²) >= 11 is 0. The lowest BCUT2D eigenvalue weighted by Gasteiger charge is -2.52. The van der Waals surface area contributed by atoms with E-state index >= 15 is 0 Å². The molecule has 2 rings (SSSR count). The summed E-state index contributed by atoms with van der Waals surface area (Å²) in [7, 11) is 0. The molecule has 1 heterocycles. The lowest BCUT2D eigenvalue weighted by Crippen LogP contribution is -2.55. The number of carbonyl (C=O) groups is 2. The number of likely N-dealkylation sites (tertiary alicyclic amines) is 1. The van der Waals surface area contributed by atoms with E-state index in [9.17, 15) is 9.59 Å². The fourth-order valence-corrected chi connectivity index (χ4v) is 4.28. The molecular formula is C17H25NO4. The molecule has 0 radical (unpaired) electrons. The van der Waals surface area contributed by atoms with Gasteiger partial charge in [-0.3, -0.25) is 0 Å². The summed E-state index contributed by atoms with van der Waals surface area (Å²) in [6, 6.07) is 0. The van der Waals surface area contributed by atoms with E-state index in [4.69, 9.17) is 9.84 Å². The first-order chi connectivity index (χ1) is 10.4. The normalized spacial score (nSPS) is 34.5. The third-order valence-electron chi connectivity index (χ3n) is 5.28. The number of carboxylic acids is 1. The molecule has 1 amide bonds. The van der Waals surface area contributed by atoms with Gasteiger partial charge < -0.3 is 14.7 Å². The average molecular weight is 307 g/mol. The lowest BCUT2D eigenvalue weighted by atomic mass is 9.59. The highest BCUT2D eigenvalue weighted by molar-refractivity contribution is 5.79. The number of aliphatic carboxylic acids is 1. The average Bonchev–Trinajstić information content (AvgIpc) is 2.45. The van der Waals surface area contributed by atoms with Crippen molar-refractivity contribution in [1.29, 1.82) is 0 Å². The van der Waals surface area contributed by atoms with Crippen LogP contribution in [0.4, 0.5) is 4.79 Å². The van der Waals surface area contributed by atoms with Crippen molar-refractivity contribution in [3.63, 3.8) is 0 Å². The van der Waals surface area contributed by atoms with Crippen LogP contribution in [0, 0.1) is 29.6 Å². The summed E-state index contributed by atoms with van der Waals surface area (Å²) in [6.07, 6.45) is 5.76. The largest absolute Gasteiger partial charge is 0.478 e. The van der Waals surface area contributed by atoms with Gasteiger partial charge in [-0.05, 0) is 42.4 Å². The molecule has 2 aliphatic rings. The standard InChI is InChI=1S/C17H25NO4/c1-4-22-17(21)18-9-14-11(2)8-12(3)15(10-18)13(14)6-5-7-16(19)20/h4-5,7,11-15H,1,6,8-10H2,2-3H3,(H,19,20). The highest BCUT2D eigenvalue weighted by Gasteiger charge is 2.46. The maximum absolute atomic E-state index is 12.0. The molecule has 1 saturated carbocycles. The molecule has 0 aromatic carbocycles. The van der Waals surface area contributed by atoms with Crippen molar-refractivity contribution in [1.82, 2.24) is 4.90 Å². The summed E-state index contributed by atoms with van der Waals surface area (Å²) in [4.78, 5) is 24.4. The van der Waals surface area contributed by atoms with Gasteiger partial charge in [0.25, 0.3) is 0 Å². The molecule has 122 valence electrons. The summed E-state index contributed by atoms with van der Waals surface area (Å²) in [5.74, 6) is 1.36. The van der Waals surface area contributed by atoms with Crippen LogP contribution in [0.2, 0.25) is 0 Å². The fraction of sp³-hybridized carbons (Fsp3) is 0.647. The van der Waals surface area contributed by atoms with Crippen molar-refractivity contribution in [2.45, 2.75) is 26.7 Å². The third-order valence-corrected chi connectivity index (χ3v) is 5.28. The van der Waals surface area contributed by atoms with Gasteiger partial charge in [0.15, 0.2) is 0 Å². The van der Waals surface area contributed by atoms with Gasteiger partial charge in [0.2, 0.25) is 0 Å². The number of hydrogen-bond acceptors (Lipinski definition) is 3. The molecule has 2 fully saturated rings. The van der Waals surface area contributed by atoms with Crippen LogP contribution in [0.15, 0.2) is 25.0 Å². The molecule has 1 aliphatic heterocycles. The molecule has 5 nitrogen and oxygen atoms in total. The second-order valence-corrected chi connectivity index (χ2v) is 6.61. The Hall–Kier alpha value is -1.78. The van der Waals surface area contributed by atoms with Gasteiger partial charge in [-0.25, -0.2) is 9.59 Å². The van der Waals surface area contributed by atoms with Crippen LogP contribution >= 0.6 is 0 Å². The lowest BCUT2D eigenvalue weighted by molar-refractivity contribution is -0.131. The number of hydrogen-bond donors (Lipinski definition) is 1. The molecule has 0 aromatic heterocycles. The molecule has 4 atom stereocenters. The minimum atomic E-state index is -0.904. The minimum absolute atomic E-state index is 0.328. The van der Waals surface area contributed by atoms with E-state index < -0.39 is 5.97 Å². The smallest absolute Gasteiger partial charge is 0.414 e. The van der Waals surface area contributed by atoms with Gasteiger partial charge in [-0.2, -0.15) is 0 Å². The Morgan fingerprint density at radius 3 is 2.36 bits per heavy atom. The van der Waals surface area contributed by atoms with Crippen molar-refractivity contribution in [2.24, 2.45) is 29.6 Å². The second-order valence-electron chi connectivity index (χ2n) is 6.61. The van der Waals surface area contributed by atoms with Crippen LogP contribution in [0.1, 0.15) is 26.7 Å². The van der Waals surface area contributed by atoms with Crippen molar-refractivity contribution < 1.29 is 19.4 Å². The monoisotopic (exact) mass is 307 g/mol. The van der Waals surface area contributed by atoms with Crippen LogP contribution in [0.3, 0.4) is 0 Å². The van der Waals surface area contributed by atoms with E-state index in [1.807, 2.05) is 0 Å². The van der Waals surface area contributed by atoms with Gasteiger partial charge in [0.1, 0.15) is 0 Å². The fourth-order valence-electron chi connectivity index (χ4n) is 4.28. The summed E-state index contributed by atoms with van der Waals surface area (Å²) in [5, 5.41) is 8.76. The Morgan fingerprint density at radius 2 is 1.86 bits per heavy atom. The Morgan fingerprint density at radius 1 is 1.27 bits per heavy atom. The first kappa shape index (κ1) is 16.6. The Bertz CT molecular complexity index is 455. The number of carbonyl (C=O) groups excluding carboxylic acids is 1. The minimum Gasteiger partial charge on any atom is -0.478 e. The van der Waals surface area contributed by atoms with E-state index in [0.717, 1.165) is 6.42 Å². The van der Waals surface area contributed by atoms with Gasteiger partial charge >= 0.3 is 12.1 Å². The highest BCUT2D eigenvalue weighted by atomic mass is 16.5. The van der Waals surface area contributed by atoms with Crippen molar-refractivity contribution >= 4 is 12.1 Å². The summed E-state index contributed by atoms with van der Waals surface area (Å²) in [5.41, 5.74) is 0. The van der Waals surface area contributed by atoms with Crippen LogP contribution in [-0.4, -0.2) is 35.2 Å². The molecule has 5 heteroatoms. The Labute approximate surface area is 131 Å². The Balaban J connectivity index is 2.13. The zero-order chi connectivity index (χ0) is 16.3. The SMILES string of the molecule is C=COC(=O)N1CC2C(C)CC(C)C(C1)C2CC=CC(=O)O. The van der Waals surface area contributed by atoms with E-state index in [1.165, 1.54) is 18.8 Å². The van der Waals surface area contributed by atoms with Crippen LogP contribution in [0.25, 0.3) is 0 Å². The van der Waals surface area contributed by atoms with Crippen LogP contribution in [-0.2, 0) is 9.53 Å². The maximum atomic E-state index is 12.0. The summed E-state index contributed by atoms with van der Waals surface area (Å²) < 4.78 is 4.92. The van der Waals surface area contributed by atoms with Crippen molar-refractivity contribution in [2.75, 3.05) is 13.1 Å². The van der Waals surface area contributed by atoms with E-state index in [-0.39, 0.29) is 6.09 Å². The third kappa shape index (κ3) is 3.51. The molecule has 22 heavy (non-hydrogen) atoms. The molecular weight excluding hydrogens is 282 g/mol. The maximum Gasteiger partial charge on any atom is 0.414 e. The predicted octanol–water partition coefficient (Wildman–Crippen LogP) is 3.14. The number of carboxylic acid groups (broad SMARTS) is 1. The van der Waals surface area contributed by atoms with Crippen LogP contribution in [0.5, 0.6) is 0 Å². The zero-order valence-corrected chi connectivity index (χ0v) is 13.3.